The van der Waals surface area contributed by atoms with Crippen LogP contribution in [-0.4, -0.2) is 16.9 Å². The van der Waals surface area contributed by atoms with Crippen molar-refractivity contribution in [3.05, 3.63) is 35.9 Å². The first-order valence-corrected chi connectivity index (χ1v) is 6.10. The minimum Gasteiger partial charge on any atom is -0.393 e. The zero-order chi connectivity index (χ0) is 12.7. The Morgan fingerprint density at radius 1 is 1.41 bits per heavy atom. The fourth-order valence-corrected chi connectivity index (χ4v) is 1.85. The van der Waals surface area contributed by atoms with E-state index in [2.05, 4.69) is 5.32 Å². The summed E-state index contributed by atoms with van der Waals surface area (Å²) >= 11 is 4.79. The number of carbonyl (C=O) groups excluding carboxylic acids is 1. The molecule has 0 saturated heterocycles. The average molecular weight is 250 g/mol. The maximum Gasteiger partial charge on any atom is 0.220 e. The molecule has 4 heteroatoms. The topological polar surface area (TPSA) is 55.1 Å². The van der Waals surface area contributed by atoms with Gasteiger partial charge >= 0.3 is 0 Å². The van der Waals surface area contributed by atoms with Crippen molar-refractivity contribution in [1.29, 1.82) is 0 Å². The number of benzene rings is 1. The number of nitrogens with two attached hydrogens (primary N) is 1. The summed E-state index contributed by atoms with van der Waals surface area (Å²) in [6.45, 7) is 1.90. The van der Waals surface area contributed by atoms with Crippen molar-refractivity contribution in [3.8, 4) is 0 Å². The van der Waals surface area contributed by atoms with Gasteiger partial charge in [-0.3, -0.25) is 4.79 Å². The van der Waals surface area contributed by atoms with Crippen LogP contribution < -0.4 is 11.1 Å². The summed E-state index contributed by atoms with van der Waals surface area (Å²) in [5.41, 5.74) is 6.59. The summed E-state index contributed by atoms with van der Waals surface area (Å²) in [7, 11) is 0. The summed E-state index contributed by atoms with van der Waals surface area (Å²) in [5.74, 6) is 0.0394. The van der Waals surface area contributed by atoms with Gasteiger partial charge in [-0.05, 0) is 18.9 Å². The van der Waals surface area contributed by atoms with E-state index in [1.807, 2.05) is 37.3 Å². The van der Waals surface area contributed by atoms with E-state index < -0.39 is 0 Å². The van der Waals surface area contributed by atoms with Crippen molar-refractivity contribution in [2.24, 2.45) is 5.73 Å². The molecule has 1 amide bonds. The normalized spacial score (nSPS) is 11.8. The van der Waals surface area contributed by atoms with Gasteiger partial charge in [0.1, 0.15) is 0 Å². The van der Waals surface area contributed by atoms with Crippen molar-refractivity contribution in [1.82, 2.24) is 5.32 Å². The van der Waals surface area contributed by atoms with Gasteiger partial charge in [0, 0.05) is 18.9 Å². The third-order valence-corrected chi connectivity index (χ3v) is 2.56. The van der Waals surface area contributed by atoms with Crippen LogP contribution in [0.15, 0.2) is 30.3 Å². The molecule has 1 rings (SSSR count). The molecule has 0 bridgehead atoms. The fraction of sp³-hybridized carbons (Fsp3) is 0.385. The minimum absolute atomic E-state index is 0.00998. The molecule has 1 aromatic carbocycles. The zero-order valence-corrected chi connectivity index (χ0v) is 10.8. The molecule has 92 valence electrons. The summed E-state index contributed by atoms with van der Waals surface area (Å²) in [5, 5.41) is 2.88. The van der Waals surface area contributed by atoms with E-state index in [4.69, 9.17) is 18.0 Å². The molecule has 0 spiro atoms. The van der Waals surface area contributed by atoms with Gasteiger partial charge < -0.3 is 11.1 Å². The highest BCUT2D eigenvalue weighted by Gasteiger charge is 2.08. The minimum atomic E-state index is 0.00998. The second-order valence-electron chi connectivity index (χ2n) is 4.12. The van der Waals surface area contributed by atoms with Crippen molar-refractivity contribution in [3.63, 3.8) is 0 Å². The molecule has 1 atom stereocenters. The SMILES string of the molecule is CC(CC(N)=S)NC(=O)CCc1ccccc1. The quantitative estimate of drug-likeness (QED) is 0.757. The maximum absolute atomic E-state index is 11.6. The number of carbonyl (C=O) groups is 1. The highest BCUT2D eigenvalue weighted by atomic mass is 32.1. The number of aryl methyl sites for hydroxylation is 1. The molecular formula is C13H18N2OS. The standard InChI is InChI=1S/C13H18N2OS/c1-10(9-12(14)17)15-13(16)8-7-11-5-3-2-4-6-11/h2-6,10H,7-9H2,1H3,(H2,14,17)(H,15,16). The first-order chi connectivity index (χ1) is 8.08. The van der Waals surface area contributed by atoms with Gasteiger partial charge in [0.2, 0.25) is 5.91 Å². The number of amides is 1. The Hall–Kier alpha value is -1.42. The van der Waals surface area contributed by atoms with Crippen LogP contribution in [0.1, 0.15) is 25.3 Å². The second kappa shape index (κ2) is 7.01. The van der Waals surface area contributed by atoms with Crippen LogP contribution in [0.3, 0.4) is 0 Å². The molecule has 3 N–H and O–H groups in total. The lowest BCUT2D eigenvalue weighted by Gasteiger charge is -2.12. The Bertz CT molecular complexity index is 378. The number of hydrogen-bond donors (Lipinski definition) is 2. The molecule has 3 nitrogen and oxygen atoms in total. The summed E-state index contributed by atoms with van der Waals surface area (Å²) in [6.07, 6.45) is 1.80. The fourth-order valence-electron chi connectivity index (χ4n) is 1.60. The van der Waals surface area contributed by atoms with E-state index in [0.717, 1.165) is 6.42 Å². The largest absolute Gasteiger partial charge is 0.393 e. The lowest BCUT2D eigenvalue weighted by Crippen LogP contribution is -2.35. The van der Waals surface area contributed by atoms with Gasteiger partial charge in [-0.1, -0.05) is 42.5 Å². The van der Waals surface area contributed by atoms with Crippen LogP contribution >= 0.6 is 12.2 Å². The van der Waals surface area contributed by atoms with Crippen LogP contribution in [0.4, 0.5) is 0 Å². The van der Waals surface area contributed by atoms with E-state index >= 15 is 0 Å². The number of nitrogens with one attached hydrogen (secondary N) is 1. The third-order valence-electron chi connectivity index (χ3n) is 2.40. The highest BCUT2D eigenvalue weighted by Crippen LogP contribution is 2.02. The van der Waals surface area contributed by atoms with Crippen LogP contribution in [0.2, 0.25) is 0 Å². The average Bonchev–Trinajstić information content (AvgIpc) is 2.26. The van der Waals surface area contributed by atoms with E-state index in [9.17, 15) is 4.79 Å². The lowest BCUT2D eigenvalue weighted by atomic mass is 10.1. The molecule has 0 aliphatic carbocycles. The van der Waals surface area contributed by atoms with Gasteiger partial charge in [-0.2, -0.15) is 0 Å². The maximum atomic E-state index is 11.6. The number of hydrogen-bond acceptors (Lipinski definition) is 2. The summed E-state index contributed by atoms with van der Waals surface area (Å²) in [4.78, 5) is 12.0. The Balaban J connectivity index is 2.28. The zero-order valence-electron chi connectivity index (χ0n) is 9.98. The molecule has 0 aliphatic rings. The van der Waals surface area contributed by atoms with Gasteiger partial charge in [-0.15, -0.1) is 0 Å². The Kier molecular flexibility index (Phi) is 5.63. The van der Waals surface area contributed by atoms with E-state index in [1.54, 1.807) is 0 Å². The Morgan fingerprint density at radius 3 is 2.65 bits per heavy atom. The molecule has 0 saturated carbocycles. The van der Waals surface area contributed by atoms with Crippen LogP contribution in [-0.2, 0) is 11.2 Å². The van der Waals surface area contributed by atoms with E-state index in [-0.39, 0.29) is 11.9 Å². The van der Waals surface area contributed by atoms with E-state index in [0.29, 0.717) is 17.8 Å². The highest BCUT2D eigenvalue weighted by molar-refractivity contribution is 7.80. The Morgan fingerprint density at radius 2 is 2.06 bits per heavy atom. The van der Waals surface area contributed by atoms with Gasteiger partial charge in [0.05, 0.1) is 4.99 Å². The van der Waals surface area contributed by atoms with E-state index in [1.165, 1.54) is 5.56 Å². The first kappa shape index (κ1) is 13.6. The number of thiocarbonyl (C=S) groups is 1. The predicted octanol–water partition coefficient (Wildman–Crippen LogP) is 1.80. The van der Waals surface area contributed by atoms with Crippen molar-refractivity contribution >= 4 is 23.1 Å². The van der Waals surface area contributed by atoms with Crippen LogP contribution in [0.25, 0.3) is 0 Å². The van der Waals surface area contributed by atoms with Crippen molar-refractivity contribution in [2.45, 2.75) is 32.2 Å². The molecular weight excluding hydrogens is 232 g/mol. The van der Waals surface area contributed by atoms with Gasteiger partial charge in [0.25, 0.3) is 0 Å². The smallest absolute Gasteiger partial charge is 0.220 e. The monoisotopic (exact) mass is 250 g/mol. The molecule has 1 aromatic rings. The molecule has 1 unspecified atom stereocenters. The van der Waals surface area contributed by atoms with Crippen LogP contribution in [0, 0.1) is 0 Å². The second-order valence-corrected chi connectivity index (χ2v) is 4.65. The summed E-state index contributed by atoms with van der Waals surface area (Å²) in [6, 6.07) is 9.97. The summed E-state index contributed by atoms with van der Waals surface area (Å²) < 4.78 is 0. The van der Waals surface area contributed by atoms with Crippen molar-refractivity contribution < 1.29 is 4.79 Å². The number of rotatable bonds is 6. The lowest BCUT2D eigenvalue weighted by molar-refractivity contribution is -0.121. The molecule has 0 aliphatic heterocycles. The molecule has 0 heterocycles. The molecule has 0 radical (unpaired) electrons. The molecule has 17 heavy (non-hydrogen) atoms. The van der Waals surface area contributed by atoms with Gasteiger partial charge in [-0.25, -0.2) is 0 Å². The van der Waals surface area contributed by atoms with Crippen molar-refractivity contribution in [2.75, 3.05) is 0 Å². The predicted molar refractivity (Wildman–Crippen MR) is 73.8 cm³/mol. The molecule has 0 fully saturated rings. The van der Waals surface area contributed by atoms with Gasteiger partial charge in [0.15, 0.2) is 0 Å². The third kappa shape index (κ3) is 6.02. The first-order valence-electron chi connectivity index (χ1n) is 5.69. The Labute approximate surface area is 107 Å². The molecule has 0 aromatic heterocycles. The van der Waals surface area contributed by atoms with Crippen LogP contribution in [0.5, 0.6) is 0 Å².